The highest BCUT2D eigenvalue weighted by molar-refractivity contribution is 5.85. The minimum Gasteiger partial charge on any atom is -0.497 e. The van der Waals surface area contributed by atoms with Crippen molar-refractivity contribution in [2.75, 3.05) is 7.11 Å². The van der Waals surface area contributed by atoms with Crippen LogP contribution in [-0.2, 0) is 11.3 Å². The number of hydrogen-bond donors (Lipinski definition) is 1. The second-order valence-electron chi connectivity index (χ2n) is 13.9. The van der Waals surface area contributed by atoms with E-state index in [1.807, 2.05) is 22.9 Å². The number of nitrogens with zero attached hydrogens (tertiary/aromatic N) is 3. The second kappa shape index (κ2) is 8.53. The molecule has 1 heterocycles. The SMILES string of the molecule is COc1ccc2c(c1)nnn2CC(=O)[C@H]1[C@H]2CCC[C@H]2C2C3CCC4C[C@](C)(O)CC[C@@H]4[C@H]3CC[C@@]21C. The van der Waals surface area contributed by atoms with Gasteiger partial charge in [0, 0.05) is 12.0 Å². The lowest BCUT2D eigenvalue weighted by Crippen LogP contribution is -2.52. The van der Waals surface area contributed by atoms with Gasteiger partial charge < -0.3 is 9.84 Å². The molecule has 10 atom stereocenters. The van der Waals surface area contributed by atoms with E-state index in [4.69, 9.17) is 4.74 Å². The Morgan fingerprint density at radius 1 is 1.03 bits per heavy atom. The van der Waals surface area contributed by atoms with Crippen LogP contribution in [0, 0.1) is 52.8 Å². The molecule has 0 radical (unpaired) electrons. The molecule has 1 N–H and O–H groups in total. The standard InChI is InChI=1S/C31H43N3O3/c1-30(36)13-11-20-18(16-30)7-9-24-21(20)12-14-31(2)28(24)22-5-4-6-23(22)29(31)27(35)17-34-26-10-8-19(37-3)15-25(26)32-33-34/h8,10,15,18,20-24,28-29,36H,4-7,9,11-14,16-17H2,1-3H3/t18?,20-,21+,22+,23-,24?,28?,29+,30+,31-/m0/s1. The van der Waals surface area contributed by atoms with Gasteiger partial charge in [-0.15, -0.1) is 5.10 Å². The molecule has 7 rings (SSSR count). The molecular formula is C31H43N3O3. The van der Waals surface area contributed by atoms with Crippen LogP contribution in [0.15, 0.2) is 18.2 Å². The third kappa shape index (κ3) is 3.64. The van der Waals surface area contributed by atoms with Crippen LogP contribution in [0.2, 0.25) is 0 Å². The third-order valence-electron chi connectivity index (χ3n) is 12.1. The summed E-state index contributed by atoms with van der Waals surface area (Å²) in [6.45, 7) is 4.88. The number of ketones is 1. The van der Waals surface area contributed by atoms with Crippen molar-refractivity contribution in [2.45, 2.75) is 90.2 Å². The molecule has 2 aromatic rings. The molecule has 3 unspecified atom stereocenters. The van der Waals surface area contributed by atoms with Crippen molar-refractivity contribution < 1.29 is 14.6 Å². The smallest absolute Gasteiger partial charge is 0.158 e. The van der Waals surface area contributed by atoms with E-state index in [1.165, 1.54) is 51.4 Å². The molecule has 0 spiro atoms. The van der Waals surface area contributed by atoms with Crippen LogP contribution >= 0.6 is 0 Å². The molecule has 5 fully saturated rings. The number of fused-ring (bicyclic) bond motifs is 8. The molecule has 37 heavy (non-hydrogen) atoms. The van der Waals surface area contributed by atoms with Crippen LogP contribution in [0.25, 0.3) is 11.0 Å². The van der Waals surface area contributed by atoms with Crippen molar-refractivity contribution in [1.82, 2.24) is 15.0 Å². The first kappa shape index (κ1) is 24.1. The van der Waals surface area contributed by atoms with Gasteiger partial charge in [-0.05, 0) is 124 Å². The summed E-state index contributed by atoms with van der Waals surface area (Å²) in [4.78, 5) is 14.2. The van der Waals surface area contributed by atoms with Gasteiger partial charge in [0.1, 0.15) is 17.8 Å². The number of benzene rings is 1. The van der Waals surface area contributed by atoms with E-state index in [0.717, 1.165) is 47.4 Å². The summed E-state index contributed by atoms with van der Waals surface area (Å²) < 4.78 is 7.17. The summed E-state index contributed by atoms with van der Waals surface area (Å²) >= 11 is 0. The zero-order valence-electron chi connectivity index (χ0n) is 22.7. The Bertz CT molecular complexity index is 1210. The number of ether oxygens (including phenoxy) is 1. The van der Waals surface area contributed by atoms with E-state index in [-0.39, 0.29) is 11.3 Å². The Balaban J connectivity index is 1.16. The predicted molar refractivity (Wildman–Crippen MR) is 142 cm³/mol. The van der Waals surface area contributed by atoms with Crippen molar-refractivity contribution in [2.24, 2.45) is 52.8 Å². The van der Waals surface area contributed by atoms with Crippen LogP contribution in [0.3, 0.4) is 0 Å². The molecule has 6 heteroatoms. The number of aromatic nitrogens is 3. The zero-order chi connectivity index (χ0) is 25.5. The van der Waals surface area contributed by atoms with Gasteiger partial charge in [0.2, 0.25) is 0 Å². The first-order valence-electron chi connectivity index (χ1n) is 14.9. The van der Waals surface area contributed by atoms with E-state index in [1.54, 1.807) is 7.11 Å². The Kier molecular flexibility index (Phi) is 5.56. The van der Waals surface area contributed by atoms with Crippen molar-refractivity contribution in [1.29, 1.82) is 0 Å². The van der Waals surface area contributed by atoms with Gasteiger partial charge in [-0.3, -0.25) is 4.79 Å². The van der Waals surface area contributed by atoms with E-state index in [2.05, 4.69) is 24.2 Å². The molecule has 6 nitrogen and oxygen atoms in total. The van der Waals surface area contributed by atoms with Gasteiger partial charge in [0.25, 0.3) is 0 Å². The van der Waals surface area contributed by atoms with Gasteiger partial charge in [0.05, 0.1) is 18.2 Å². The van der Waals surface area contributed by atoms with Crippen LogP contribution in [-0.4, -0.2) is 38.6 Å². The second-order valence-corrected chi connectivity index (χ2v) is 13.9. The van der Waals surface area contributed by atoms with Crippen LogP contribution < -0.4 is 4.74 Å². The molecule has 1 aromatic heterocycles. The van der Waals surface area contributed by atoms with E-state index < -0.39 is 5.60 Å². The Morgan fingerprint density at radius 2 is 1.81 bits per heavy atom. The molecule has 1 aromatic carbocycles. The van der Waals surface area contributed by atoms with Gasteiger partial charge in [-0.2, -0.15) is 0 Å². The van der Waals surface area contributed by atoms with E-state index >= 15 is 0 Å². The van der Waals surface area contributed by atoms with Crippen molar-refractivity contribution in [3.05, 3.63) is 18.2 Å². The topological polar surface area (TPSA) is 77.2 Å². The summed E-state index contributed by atoms with van der Waals surface area (Å²) in [5.41, 5.74) is 1.34. The molecule has 5 aliphatic carbocycles. The third-order valence-corrected chi connectivity index (χ3v) is 12.1. The molecule has 0 bridgehead atoms. The Labute approximate surface area is 220 Å². The lowest BCUT2D eigenvalue weighted by Gasteiger charge is -2.57. The number of rotatable bonds is 4. The van der Waals surface area contributed by atoms with Crippen molar-refractivity contribution in [3.8, 4) is 5.75 Å². The van der Waals surface area contributed by atoms with Gasteiger partial charge >= 0.3 is 0 Å². The number of methoxy groups -OCH3 is 1. The molecule has 200 valence electrons. The van der Waals surface area contributed by atoms with Crippen LogP contribution in [0.5, 0.6) is 5.75 Å². The lowest BCUT2D eigenvalue weighted by molar-refractivity contribution is -0.135. The predicted octanol–water partition coefficient (Wildman–Crippen LogP) is 5.66. The maximum absolute atomic E-state index is 14.2. The Hall–Kier alpha value is -1.95. The van der Waals surface area contributed by atoms with Crippen LogP contribution in [0.4, 0.5) is 0 Å². The fourth-order valence-electron chi connectivity index (χ4n) is 10.9. The average molecular weight is 506 g/mol. The summed E-state index contributed by atoms with van der Waals surface area (Å²) in [7, 11) is 1.66. The first-order valence-corrected chi connectivity index (χ1v) is 14.9. The summed E-state index contributed by atoms with van der Waals surface area (Å²) in [5, 5.41) is 19.5. The highest BCUT2D eigenvalue weighted by Crippen LogP contribution is 2.70. The molecule has 5 saturated carbocycles. The minimum atomic E-state index is -0.463. The van der Waals surface area contributed by atoms with Crippen molar-refractivity contribution in [3.63, 3.8) is 0 Å². The van der Waals surface area contributed by atoms with E-state index in [0.29, 0.717) is 36.0 Å². The summed E-state index contributed by atoms with van der Waals surface area (Å²) in [6, 6.07) is 5.80. The minimum absolute atomic E-state index is 0.112. The van der Waals surface area contributed by atoms with Gasteiger partial charge in [0.15, 0.2) is 5.78 Å². The molecule has 0 saturated heterocycles. The number of carbonyl (C=O) groups excluding carboxylic acids is 1. The lowest BCUT2D eigenvalue weighted by atomic mass is 9.48. The highest BCUT2D eigenvalue weighted by atomic mass is 16.5. The normalized spacial score (nSPS) is 44.6. The molecular weight excluding hydrogens is 462 g/mol. The molecule has 0 aliphatic heterocycles. The van der Waals surface area contributed by atoms with Gasteiger partial charge in [-0.25, -0.2) is 4.68 Å². The monoisotopic (exact) mass is 505 g/mol. The van der Waals surface area contributed by atoms with Crippen LogP contribution in [0.1, 0.15) is 78.1 Å². The summed E-state index contributed by atoms with van der Waals surface area (Å²) in [6.07, 6.45) is 12.0. The highest BCUT2D eigenvalue weighted by Gasteiger charge is 2.66. The number of Topliss-reactive ketones (excluding diaryl/α,β-unsaturated/α-hetero) is 1. The number of hydrogen-bond acceptors (Lipinski definition) is 5. The number of carbonyl (C=O) groups is 1. The molecule has 5 aliphatic rings. The largest absolute Gasteiger partial charge is 0.497 e. The average Bonchev–Trinajstić information content (AvgIpc) is 3.55. The number of aliphatic hydroxyl groups is 1. The van der Waals surface area contributed by atoms with Crippen molar-refractivity contribution >= 4 is 16.8 Å². The fourth-order valence-corrected chi connectivity index (χ4v) is 10.9. The quantitative estimate of drug-likeness (QED) is 0.580. The zero-order valence-corrected chi connectivity index (χ0v) is 22.7. The Morgan fingerprint density at radius 3 is 2.65 bits per heavy atom. The fraction of sp³-hybridized carbons (Fsp3) is 0.774. The summed E-state index contributed by atoms with van der Waals surface area (Å²) in [5.74, 6) is 6.30. The van der Waals surface area contributed by atoms with Gasteiger partial charge in [-0.1, -0.05) is 18.6 Å². The molecule has 0 amide bonds. The van der Waals surface area contributed by atoms with E-state index in [9.17, 15) is 9.90 Å². The maximum atomic E-state index is 14.2. The maximum Gasteiger partial charge on any atom is 0.158 e. The first-order chi connectivity index (χ1) is 17.8.